The molecule has 0 radical (unpaired) electrons. The van der Waals surface area contributed by atoms with Crippen molar-refractivity contribution in [3.63, 3.8) is 0 Å². The van der Waals surface area contributed by atoms with E-state index >= 15 is 0 Å². The molecule has 0 spiro atoms. The molecular formula is C15H14BrFN2O. The number of aryl methyl sites for hydroxylation is 1. The number of benzene rings is 2. The molecule has 2 aromatic carbocycles. The Hall–Kier alpha value is -1.88. The summed E-state index contributed by atoms with van der Waals surface area (Å²) < 4.78 is 13.8. The summed E-state index contributed by atoms with van der Waals surface area (Å²) in [6.07, 6.45) is 0. The SMILES string of the molecule is Cc1ccc(NC(=O)CNc2cc(F)ccc2Br)cc1. The Morgan fingerprint density at radius 1 is 1.20 bits per heavy atom. The van der Waals surface area contributed by atoms with Crippen LogP contribution in [0.3, 0.4) is 0 Å². The lowest BCUT2D eigenvalue weighted by atomic mass is 10.2. The molecular weight excluding hydrogens is 323 g/mol. The molecule has 0 aromatic heterocycles. The van der Waals surface area contributed by atoms with E-state index in [9.17, 15) is 9.18 Å². The minimum absolute atomic E-state index is 0.0654. The van der Waals surface area contributed by atoms with Crippen molar-refractivity contribution in [2.45, 2.75) is 6.92 Å². The summed E-state index contributed by atoms with van der Waals surface area (Å²) in [6, 6.07) is 11.8. The normalized spacial score (nSPS) is 10.2. The number of hydrogen-bond donors (Lipinski definition) is 2. The summed E-state index contributed by atoms with van der Waals surface area (Å²) in [4.78, 5) is 11.8. The van der Waals surface area contributed by atoms with Gasteiger partial charge in [-0.25, -0.2) is 4.39 Å². The van der Waals surface area contributed by atoms with Gasteiger partial charge in [0.25, 0.3) is 0 Å². The van der Waals surface area contributed by atoms with E-state index in [0.717, 1.165) is 11.3 Å². The van der Waals surface area contributed by atoms with E-state index in [2.05, 4.69) is 26.6 Å². The number of anilines is 2. The average molecular weight is 337 g/mol. The zero-order chi connectivity index (χ0) is 14.5. The van der Waals surface area contributed by atoms with E-state index in [1.165, 1.54) is 12.1 Å². The quantitative estimate of drug-likeness (QED) is 0.887. The molecule has 0 aliphatic carbocycles. The minimum Gasteiger partial charge on any atom is -0.375 e. The molecule has 104 valence electrons. The van der Waals surface area contributed by atoms with E-state index in [1.54, 1.807) is 6.07 Å². The molecule has 0 saturated heterocycles. The molecule has 1 amide bonds. The fourth-order valence-corrected chi connectivity index (χ4v) is 2.04. The van der Waals surface area contributed by atoms with Crippen LogP contribution in [0, 0.1) is 12.7 Å². The molecule has 0 atom stereocenters. The van der Waals surface area contributed by atoms with Gasteiger partial charge in [0.15, 0.2) is 0 Å². The maximum Gasteiger partial charge on any atom is 0.243 e. The molecule has 3 nitrogen and oxygen atoms in total. The fraction of sp³-hybridized carbons (Fsp3) is 0.133. The summed E-state index contributed by atoms with van der Waals surface area (Å²) in [5, 5.41) is 5.65. The zero-order valence-electron chi connectivity index (χ0n) is 10.9. The Labute approximate surface area is 125 Å². The van der Waals surface area contributed by atoms with Crippen LogP contribution >= 0.6 is 15.9 Å². The molecule has 5 heteroatoms. The topological polar surface area (TPSA) is 41.1 Å². The van der Waals surface area contributed by atoms with Gasteiger partial charge in [0.2, 0.25) is 5.91 Å². The van der Waals surface area contributed by atoms with Crippen molar-refractivity contribution < 1.29 is 9.18 Å². The molecule has 0 aliphatic rings. The third kappa shape index (κ3) is 4.06. The summed E-state index contributed by atoms with van der Waals surface area (Å²) in [5.41, 5.74) is 2.41. The van der Waals surface area contributed by atoms with Gasteiger partial charge in [0, 0.05) is 10.2 Å². The largest absolute Gasteiger partial charge is 0.375 e. The smallest absolute Gasteiger partial charge is 0.243 e. The number of halogens is 2. The molecule has 0 aliphatic heterocycles. The monoisotopic (exact) mass is 336 g/mol. The first-order valence-electron chi connectivity index (χ1n) is 6.10. The fourth-order valence-electron chi connectivity index (χ4n) is 1.65. The molecule has 20 heavy (non-hydrogen) atoms. The van der Waals surface area contributed by atoms with Crippen molar-refractivity contribution in [1.29, 1.82) is 0 Å². The standard InChI is InChI=1S/C15H14BrFN2O/c1-10-2-5-12(6-3-10)19-15(20)9-18-14-8-11(17)4-7-13(14)16/h2-8,18H,9H2,1H3,(H,19,20). The molecule has 2 N–H and O–H groups in total. The molecule has 2 aromatic rings. The molecule has 0 bridgehead atoms. The van der Waals surface area contributed by atoms with Gasteiger partial charge in [0.1, 0.15) is 5.82 Å². The summed E-state index contributed by atoms with van der Waals surface area (Å²) in [6.45, 7) is 2.05. The first kappa shape index (κ1) is 14.5. The lowest BCUT2D eigenvalue weighted by Gasteiger charge is -2.09. The third-order valence-corrected chi connectivity index (χ3v) is 3.39. The Morgan fingerprint density at radius 2 is 1.90 bits per heavy atom. The number of amides is 1. The van der Waals surface area contributed by atoms with E-state index in [4.69, 9.17) is 0 Å². The van der Waals surface area contributed by atoms with E-state index in [-0.39, 0.29) is 18.3 Å². The highest BCUT2D eigenvalue weighted by Gasteiger charge is 2.05. The maximum atomic E-state index is 13.1. The van der Waals surface area contributed by atoms with Gasteiger partial charge < -0.3 is 10.6 Å². The van der Waals surface area contributed by atoms with Crippen molar-refractivity contribution in [2.75, 3.05) is 17.2 Å². The Bertz CT molecular complexity index is 614. The van der Waals surface area contributed by atoms with Crippen molar-refractivity contribution in [1.82, 2.24) is 0 Å². The zero-order valence-corrected chi connectivity index (χ0v) is 12.5. The van der Waals surface area contributed by atoms with E-state index < -0.39 is 0 Å². The highest BCUT2D eigenvalue weighted by Crippen LogP contribution is 2.22. The van der Waals surface area contributed by atoms with E-state index in [0.29, 0.717) is 10.2 Å². The second-order valence-electron chi connectivity index (χ2n) is 4.39. The molecule has 0 heterocycles. The molecule has 2 rings (SSSR count). The van der Waals surface area contributed by atoms with Crippen LogP contribution in [0.4, 0.5) is 15.8 Å². The predicted octanol–water partition coefficient (Wildman–Crippen LogP) is 3.95. The van der Waals surface area contributed by atoms with Crippen LogP contribution in [-0.2, 0) is 4.79 Å². The number of rotatable bonds is 4. The Kier molecular flexibility index (Phi) is 4.74. The van der Waals surface area contributed by atoms with Crippen LogP contribution in [-0.4, -0.2) is 12.5 Å². The predicted molar refractivity (Wildman–Crippen MR) is 82.4 cm³/mol. The first-order chi connectivity index (χ1) is 9.54. The van der Waals surface area contributed by atoms with Crippen LogP contribution in [0.5, 0.6) is 0 Å². The second-order valence-corrected chi connectivity index (χ2v) is 5.25. The van der Waals surface area contributed by atoms with Gasteiger partial charge in [-0.2, -0.15) is 0 Å². The third-order valence-electron chi connectivity index (χ3n) is 2.70. The molecule has 0 saturated carbocycles. The average Bonchev–Trinajstić information content (AvgIpc) is 2.42. The summed E-state index contributed by atoms with van der Waals surface area (Å²) in [5.74, 6) is -0.542. The Morgan fingerprint density at radius 3 is 2.60 bits per heavy atom. The minimum atomic E-state index is -0.352. The van der Waals surface area contributed by atoms with Crippen molar-refractivity contribution in [3.05, 3.63) is 58.3 Å². The first-order valence-corrected chi connectivity index (χ1v) is 6.89. The Balaban J connectivity index is 1.92. The van der Waals surface area contributed by atoms with Crippen LogP contribution in [0.2, 0.25) is 0 Å². The van der Waals surface area contributed by atoms with Gasteiger partial charge in [-0.1, -0.05) is 17.7 Å². The van der Waals surface area contributed by atoms with Crippen molar-refractivity contribution >= 4 is 33.2 Å². The second kappa shape index (κ2) is 6.52. The summed E-state index contributed by atoms with van der Waals surface area (Å²) in [7, 11) is 0. The highest BCUT2D eigenvalue weighted by atomic mass is 79.9. The lowest BCUT2D eigenvalue weighted by Crippen LogP contribution is -2.21. The highest BCUT2D eigenvalue weighted by molar-refractivity contribution is 9.10. The van der Waals surface area contributed by atoms with Crippen LogP contribution in [0.25, 0.3) is 0 Å². The van der Waals surface area contributed by atoms with Gasteiger partial charge in [-0.15, -0.1) is 0 Å². The lowest BCUT2D eigenvalue weighted by molar-refractivity contribution is -0.114. The van der Waals surface area contributed by atoms with Crippen LogP contribution in [0.15, 0.2) is 46.9 Å². The van der Waals surface area contributed by atoms with Crippen molar-refractivity contribution in [3.8, 4) is 0 Å². The van der Waals surface area contributed by atoms with Gasteiger partial charge in [-0.05, 0) is 53.2 Å². The van der Waals surface area contributed by atoms with Gasteiger partial charge in [0.05, 0.1) is 12.2 Å². The van der Waals surface area contributed by atoms with Crippen LogP contribution < -0.4 is 10.6 Å². The number of hydrogen-bond acceptors (Lipinski definition) is 2. The molecule has 0 unspecified atom stereocenters. The van der Waals surface area contributed by atoms with Crippen molar-refractivity contribution in [2.24, 2.45) is 0 Å². The van der Waals surface area contributed by atoms with Gasteiger partial charge in [-0.3, -0.25) is 4.79 Å². The number of carbonyl (C=O) groups is 1. The van der Waals surface area contributed by atoms with E-state index in [1.807, 2.05) is 31.2 Å². The van der Waals surface area contributed by atoms with Gasteiger partial charge >= 0.3 is 0 Å². The maximum absolute atomic E-state index is 13.1. The summed E-state index contributed by atoms with van der Waals surface area (Å²) >= 11 is 3.29. The van der Waals surface area contributed by atoms with Crippen LogP contribution in [0.1, 0.15) is 5.56 Å². The molecule has 0 fully saturated rings. The number of nitrogens with one attached hydrogen (secondary N) is 2. The number of carbonyl (C=O) groups excluding carboxylic acids is 1.